The number of nitrogens with one attached hydrogen (secondary N) is 1. The lowest BCUT2D eigenvalue weighted by Crippen LogP contribution is -2.51. The first-order valence-corrected chi connectivity index (χ1v) is 8.23. The van der Waals surface area contributed by atoms with Crippen molar-refractivity contribution in [2.45, 2.75) is 45.6 Å². The summed E-state index contributed by atoms with van der Waals surface area (Å²) in [6.45, 7) is 9.53. The molecule has 1 heterocycles. The van der Waals surface area contributed by atoms with Gasteiger partial charge >= 0.3 is 0 Å². The first kappa shape index (κ1) is 15.5. The molecule has 1 atom stereocenters. The number of piperazine rings is 1. The van der Waals surface area contributed by atoms with Gasteiger partial charge in [-0.1, -0.05) is 44.2 Å². The molecule has 1 fully saturated rings. The lowest BCUT2D eigenvalue weighted by atomic mass is 10.0. The normalized spacial score (nSPS) is 20.4. The predicted octanol–water partition coefficient (Wildman–Crippen LogP) is 3.33. The third kappa shape index (κ3) is 5.64. The van der Waals surface area contributed by atoms with Crippen LogP contribution in [0.1, 0.15) is 38.7 Å². The summed E-state index contributed by atoms with van der Waals surface area (Å²) in [4.78, 5) is 2.65. The van der Waals surface area contributed by atoms with Gasteiger partial charge in [-0.15, -0.1) is 0 Å². The van der Waals surface area contributed by atoms with Gasteiger partial charge in [-0.2, -0.15) is 0 Å². The van der Waals surface area contributed by atoms with Crippen molar-refractivity contribution in [2.24, 2.45) is 5.92 Å². The van der Waals surface area contributed by atoms with E-state index in [9.17, 15) is 0 Å². The standard InChI is InChI=1S/C18H30N2/c1-16(2)14-18-15-20(13-11-19-18)12-7-6-10-17-8-4-3-5-9-17/h3-5,8-9,16,18-19H,6-7,10-15H2,1-2H3. The van der Waals surface area contributed by atoms with E-state index in [2.05, 4.69) is 54.4 Å². The van der Waals surface area contributed by atoms with E-state index in [4.69, 9.17) is 0 Å². The molecule has 20 heavy (non-hydrogen) atoms. The van der Waals surface area contributed by atoms with Gasteiger partial charge in [-0.3, -0.25) is 0 Å². The smallest absolute Gasteiger partial charge is 0.0197 e. The van der Waals surface area contributed by atoms with Crippen molar-refractivity contribution < 1.29 is 0 Å². The van der Waals surface area contributed by atoms with Crippen LogP contribution >= 0.6 is 0 Å². The highest BCUT2D eigenvalue weighted by atomic mass is 15.2. The Hall–Kier alpha value is -0.860. The van der Waals surface area contributed by atoms with Crippen LogP contribution in [-0.2, 0) is 6.42 Å². The van der Waals surface area contributed by atoms with Gasteiger partial charge in [-0.25, -0.2) is 0 Å². The molecule has 0 aliphatic carbocycles. The summed E-state index contributed by atoms with van der Waals surface area (Å²) >= 11 is 0. The fourth-order valence-electron chi connectivity index (χ4n) is 3.13. The second kappa shape index (κ2) is 8.43. The van der Waals surface area contributed by atoms with Crippen molar-refractivity contribution in [1.82, 2.24) is 10.2 Å². The molecule has 1 saturated heterocycles. The summed E-state index contributed by atoms with van der Waals surface area (Å²) in [6, 6.07) is 11.6. The molecule has 0 amide bonds. The fraction of sp³-hybridized carbons (Fsp3) is 0.667. The maximum atomic E-state index is 3.66. The summed E-state index contributed by atoms with van der Waals surface area (Å²) in [5.74, 6) is 0.797. The van der Waals surface area contributed by atoms with Crippen LogP contribution in [0.3, 0.4) is 0 Å². The SMILES string of the molecule is CC(C)CC1CN(CCCCc2ccccc2)CCN1. The predicted molar refractivity (Wildman–Crippen MR) is 87.1 cm³/mol. The highest BCUT2D eigenvalue weighted by Crippen LogP contribution is 2.11. The van der Waals surface area contributed by atoms with Crippen molar-refractivity contribution in [1.29, 1.82) is 0 Å². The maximum absolute atomic E-state index is 3.66. The Kier molecular flexibility index (Phi) is 6.55. The average Bonchev–Trinajstić information content (AvgIpc) is 2.44. The number of rotatable bonds is 7. The van der Waals surface area contributed by atoms with Crippen LogP contribution in [0, 0.1) is 5.92 Å². The van der Waals surface area contributed by atoms with Gasteiger partial charge in [0.2, 0.25) is 0 Å². The lowest BCUT2D eigenvalue weighted by molar-refractivity contribution is 0.184. The van der Waals surface area contributed by atoms with Crippen molar-refractivity contribution in [2.75, 3.05) is 26.2 Å². The molecule has 1 aromatic carbocycles. The molecule has 2 rings (SSSR count). The van der Waals surface area contributed by atoms with Crippen molar-refractivity contribution >= 4 is 0 Å². The Labute approximate surface area is 124 Å². The Morgan fingerprint density at radius 2 is 2.00 bits per heavy atom. The zero-order valence-corrected chi connectivity index (χ0v) is 13.1. The second-order valence-electron chi connectivity index (χ2n) is 6.52. The van der Waals surface area contributed by atoms with E-state index in [1.54, 1.807) is 0 Å². The van der Waals surface area contributed by atoms with Gasteiger partial charge in [0, 0.05) is 25.7 Å². The summed E-state index contributed by atoms with van der Waals surface area (Å²) in [6.07, 6.45) is 5.16. The van der Waals surface area contributed by atoms with E-state index >= 15 is 0 Å². The molecule has 112 valence electrons. The number of benzene rings is 1. The highest BCUT2D eigenvalue weighted by Gasteiger charge is 2.19. The summed E-state index contributed by atoms with van der Waals surface area (Å²) in [5, 5.41) is 3.66. The Morgan fingerprint density at radius 1 is 1.20 bits per heavy atom. The van der Waals surface area contributed by atoms with E-state index in [1.807, 2.05) is 0 Å². The second-order valence-corrected chi connectivity index (χ2v) is 6.52. The van der Waals surface area contributed by atoms with Gasteiger partial charge in [0.15, 0.2) is 0 Å². The zero-order valence-electron chi connectivity index (χ0n) is 13.1. The molecule has 1 aliphatic heterocycles. The van der Waals surface area contributed by atoms with Gasteiger partial charge in [0.05, 0.1) is 0 Å². The monoisotopic (exact) mass is 274 g/mol. The van der Waals surface area contributed by atoms with E-state index in [0.29, 0.717) is 6.04 Å². The maximum Gasteiger partial charge on any atom is 0.0197 e. The minimum absolute atomic E-state index is 0.706. The van der Waals surface area contributed by atoms with E-state index in [0.717, 1.165) is 12.5 Å². The van der Waals surface area contributed by atoms with E-state index in [-0.39, 0.29) is 0 Å². The van der Waals surface area contributed by atoms with Crippen LogP contribution in [-0.4, -0.2) is 37.1 Å². The topological polar surface area (TPSA) is 15.3 Å². The van der Waals surface area contributed by atoms with Crippen LogP contribution in [0.25, 0.3) is 0 Å². The number of hydrogen-bond donors (Lipinski definition) is 1. The molecule has 1 aromatic rings. The molecular weight excluding hydrogens is 244 g/mol. The van der Waals surface area contributed by atoms with Gasteiger partial charge in [0.25, 0.3) is 0 Å². The van der Waals surface area contributed by atoms with Crippen molar-refractivity contribution in [3.63, 3.8) is 0 Å². The molecule has 0 spiro atoms. The first-order chi connectivity index (χ1) is 9.74. The van der Waals surface area contributed by atoms with Crippen LogP contribution < -0.4 is 5.32 Å². The molecule has 2 heteroatoms. The Bertz CT molecular complexity index is 361. The largest absolute Gasteiger partial charge is 0.311 e. The molecule has 2 nitrogen and oxygen atoms in total. The van der Waals surface area contributed by atoms with Crippen LogP contribution in [0.15, 0.2) is 30.3 Å². The number of nitrogens with zero attached hydrogens (tertiary/aromatic N) is 1. The molecular formula is C18H30N2. The Morgan fingerprint density at radius 3 is 2.75 bits per heavy atom. The van der Waals surface area contributed by atoms with Gasteiger partial charge < -0.3 is 10.2 Å². The third-order valence-corrected chi connectivity index (χ3v) is 4.13. The van der Waals surface area contributed by atoms with Crippen LogP contribution in [0.2, 0.25) is 0 Å². The number of unbranched alkanes of at least 4 members (excludes halogenated alkanes) is 1. The fourth-order valence-corrected chi connectivity index (χ4v) is 3.13. The molecule has 1 aliphatic rings. The summed E-state index contributed by atoms with van der Waals surface area (Å²) in [7, 11) is 0. The molecule has 0 saturated carbocycles. The number of hydrogen-bond acceptors (Lipinski definition) is 2. The van der Waals surface area contributed by atoms with Gasteiger partial charge in [-0.05, 0) is 43.7 Å². The highest BCUT2D eigenvalue weighted by molar-refractivity contribution is 5.14. The molecule has 0 radical (unpaired) electrons. The minimum Gasteiger partial charge on any atom is -0.311 e. The van der Waals surface area contributed by atoms with Crippen molar-refractivity contribution in [3.05, 3.63) is 35.9 Å². The van der Waals surface area contributed by atoms with Crippen LogP contribution in [0.4, 0.5) is 0 Å². The minimum atomic E-state index is 0.706. The third-order valence-electron chi connectivity index (χ3n) is 4.13. The average molecular weight is 274 g/mol. The summed E-state index contributed by atoms with van der Waals surface area (Å²) < 4.78 is 0. The molecule has 1 unspecified atom stereocenters. The van der Waals surface area contributed by atoms with Crippen molar-refractivity contribution in [3.8, 4) is 0 Å². The molecule has 0 bridgehead atoms. The lowest BCUT2D eigenvalue weighted by Gasteiger charge is -2.34. The van der Waals surface area contributed by atoms with Gasteiger partial charge in [0.1, 0.15) is 0 Å². The Balaban J connectivity index is 1.61. The van der Waals surface area contributed by atoms with E-state index in [1.165, 1.54) is 50.9 Å². The number of aryl methyl sites for hydroxylation is 1. The summed E-state index contributed by atoms with van der Waals surface area (Å²) in [5.41, 5.74) is 1.48. The molecule has 1 N–H and O–H groups in total. The molecule has 0 aromatic heterocycles. The van der Waals surface area contributed by atoms with E-state index < -0.39 is 0 Å². The first-order valence-electron chi connectivity index (χ1n) is 8.23. The van der Waals surface area contributed by atoms with Crippen LogP contribution in [0.5, 0.6) is 0 Å². The zero-order chi connectivity index (χ0) is 14.2. The quantitative estimate of drug-likeness (QED) is 0.767.